The van der Waals surface area contributed by atoms with Crippen LogP contribution in [0.15, 0.2) is 60.8 Å². The molecule has 7 nitrogen and oxygen atoms in total. The molecule has 1 aliphatic carbocycles. The molecule has 2 unspecified atom stereocenters. The van der Waals surface area contributed by atoms with Gasteiger partial charge in [0.15, 0.2) is 5.82 Å². The fourth-order valence-corrected chi connectivity index (χ4v) is 5.56. The van der Waals surface area contributed by atoms with Crippen molar-refractivity contribution < 1.29 is 18.0 Å². The topological polar surface area (TPSA) is 89.9 Å². The summed E-state index contributed by atoms with van der Waals surface area (Å²) in [5, 5.41) is 14.9. The van der Waals surface area contributed by atoms with Gasteiger partial charge in [0, 0.05) is 37.1 Å². The Balaban J connectivity index is 0.00000304. The predicted molar refractivity (Wildman–Crippen MR) is 133 cm³/mol. The van der Waals surface area contributed by atoms with Crippen LogP contribution in [-0.2, 0) is 11.8 Å². The van der Waals surface area contributed by atoms with E-state index in [0.717, 1.165) is 22.5 Å². The van der Waals surface area contributed by atoms with E-state index in [-0.39, 0.29) is 25.2 Å². The van der Waals surface area contributed by atoms with Crippen LogP contribution in [0.25, 0.3) is 22.2 Å². The quantitative estimate of drug-likeness (QED) is 0.551. The lowest BCUT2D eigenvalue weighted by Gasteiger charge is -2.47. The molecule has 190 valence electrons. The summed E-state index contributed by atoms with van der Waals surface area (Å²) in [5.41, 5.74) is 4.64. The number of hydrogen-bond acceptors (Lipinski definition) is 5. The molecule has 11 heteroatoms. The minimum atomic E-state index is -4.61. The van der Waals surface area contributed by atoms with Crippen LogP contribution in [0, 0.1) is 17.3 Å². The smallest absolute Gasteiger partial charge is 0.369 e. The monoisotopic (exact) mass is 518 g/mol. The minimum absolute atomic E-state index is 0. The number of carbonyl (C=O) groups is 1. The molecule has 1 aromatic carbocycles. The number of piperidine rings is 1. The van der Waals surface area contributed by atoms with Crippen LogP contribution in [0.5, 0.6) is 0 Å². The molecule has 3 heterocycles. The van der Waals surface area contributed by atoms with Gasteiger partial charge in [0.1, 0.15) is 11.1 Å². The Morgan fingerprint density at radius 3 is 2.39 bits per heavy atom. The van der Waals surface area contributed by atoms with Gasteiger partial charge >= 0.3 is 6.18 Å². The molecule has 0 radical (unpaired) electrons. The van der Waals surface area contributed by atoms with Crippen molar-refractivity contribution >= 4 is 34.9 Å². The number of benzene rings is 1. The second kappa shape index (κ2) is 9.57. The third-order valence-electron chi connectivity index (χ3n) is 7.30. The van der Waals surface area contributed by atoms with E-state index < -0.39 is 29.3 Å². The highest BCUT2D eigenvalue weighted by molar-refractivity contribution is 5.99. The van der Waals surface area contributed by atoms with E-state index in [1.807, 2.05) is 42.3 Å². The Morgan fingerprint density at radius 2 is 1.78 bits per heavy atom. The SMILES string of the molecule is Cl.Cn1nccc1-c1nnc(N2CCC(C3(C(F)(F)F)C=CC=CC3C(N)=O)CC2)c2ccccc12. The molecule has 1 aliphatic heterocycles. The molecule has 1 amide bonds. The van der Waals surface area contributed by atoms with Crippen molar-refractivity contribution in [3.05, 3.63) is 60.8 Å². The lowest BCUT2D eigenvalue weighted by atomic mass is 9.61. The second-order valence-corrected chi connectivity index (χ2v) is 9.07. The van der Waals surface area contributed by atoms with E-state index >= 15 is 0 Å². The van der Waals surface area contributed by atoms with Crippen LogP contribution in [0.1, 0.15) is 12.8 Å². The van der Waals surface area contributed by atoms with E-state index in [4.69, 9.17) is 5.73 Å². The highest BCUT2D eigenvalue weighted by Gasteiger charge is 2.63. The number of nitrogens with zero attached hydrogens (tertiary/aromatic N) is 5. The second-order valence-electron chi connectivity index (χ2n) is 9.07. The van der Waals surface area contributed by atoms with Gasteiger partial charge in [-0.2, -0.15) is 18.3 Å². The molecule has 5 rings (SSSR count). The number of allylic oxidation sites excluding steroid dienone is 3. The average Bonchev–Trinajstić information content (AvgIpc) is 3.28. The summed E-state index contributed by atoms with van der Waals surface area (Å²) in [6, 6.07) is 9.58. The molecule has 1 fully saturated rings. The standard InChI is InChI=1S/C25H25F3N6O.ClH/c1-33-20(9-13-30-33)21-17-6-2-3-7-18(17)23(32-31-21)34-14-10-16(11-15-34)24(25(26,27)28)12-5-4-8-19(24)22(29)35;/h2-9,12-13,16,19H,10-11,14-15H2,1H3,(H2,29,35);1H. The number of halogens is 4. The average molecular weight is 519 g/mol. The molecule has 2 N–H and O–H groups in total. The van der Waals surface area contributed by atoms with Crippen LogP contribution >= 0.6 is 12.4 Å². The van der Waals surface area contributed by atoms with Gasteiger partial charge in [0.2, 0.25) is 5.91 Å². The zero-order chi connectivity index (χ0) is 24.8. The van der Waals surface area contributed by atoms with Crippen LogP contribution in [0.4, 0.5) is 19.0 Å². The molecule has 0 bridgehead atoms. The Morgan fingerprint density at radius 1 is 1.08 bits per heavy atom. The number of hydrogen-bond donors (Lipinski definition) is 1. The highest BCUT2D eigenvalue weighted by atomic mass is 35.5. The Bertz CT molecular complexity index is 1330. The molecule has 2 atom stereocenters. The minimum Gasteiger partial charge on any atom is -0.369 e. The fraction of sp³-hybridized carbons (Fsp3) is 0.360. The van der Waals surface area contributed by atoms with Crippen molar-refractivity contribution in [2.24, 2.45) is 30.0 Å². The molecule has 1 saturated heterocycles. The largest absolute Gasteiger partial charge is 0.399 e. The fourth-order valence-electron chi connectivity index (χ4n) is 5.56. The third-order valence-corrected chi connectivity index (χ3v) is 7.30. The summed E-state index contributed by atoms with van der Waals surface area (Å²) in [4.78, 5) is 14.0. The number of anilines is 1. The maximum absolute atomic E-state index is 14.5. The van der Waals surface area contributed by atoms with Crippen molar-refractivity contribution in [2.45, 2.75) is 19.0 Å². The first-order valence-corrected chi connectivity index (χ1v) is 11.4. The van der Waals surface area contributed by atoms with E-state index in [9.17, 15) is 18.0 Å². The molecule has 0 saturated carbocycles. The molecule has 2 aliphatic rings. The number of aromatic nitrogens is 4. The Hall–Kier alpha value is -3.40. The van der Waals surface area contributed by atoms with Crippen LogP contribution < -0.4 is 10.6 Å². The molecule has 36 heavy (non-hydrogen) atoms. The first-order chi connectivity index (χ1) is 16.7. The van der Waals surface area contributed by atoms with Crippen LogP contribution in [-0.4, -0.2) is 45.2 Å². The summed E-state index contributed by atoms with van der Waals surface area (Å²) in [6.07, 6.45) is 2.78. The number of rotatable bonds is 4. The summed E-state index contributed by atoms with van der Waals surface area (Å²) < 4.78 is 45.2. The number of primary amides is 1. The van der Waals surface area contributed by atoms with E-state index in [1.165, 1.54) is 18.2 Å². The van der Waals surface area contributed by atoms with Gasteiger partial charge in [0.25, 0.3) is 0 Å². The van der Waals surface area contributed by atoms with Gasteiger partial charge in [-0.1, -0.05) is 48.6 Å². The first kappa shape index (κ1) is 25.7. The summed E-state index contributed by atoms with van der Waals surface area (Å²) >= 11 is 0. The zero-order valence-electron chi connectivity index (χ0n) is 19.5. The van der Waals surface area contributed by atoms with Crippen molar-refractivity contribution in [2.75, 3.05) is 18.0 Å². The lowest BCUT2D eigenvalue weighted by Crippen LogP contribution is -2.55. The van der Waals surface area contributed by atoms with Crippen LogP contribution in [0.3, 0.4) is 0 Å². The van der Waals surface area contributed by atoms with E-state index in [0.29, 0.717) is 24.6 Å². The Kier molecular flexibility index (Phi) is 6.83. The lowest BCUT2D eigenvalue weighted by molar-refractivity contribution is -0.238. The van der Waals surface area contributed by atoms with Crippen molar-refractivity contribution in [1.82, 2.24) is 20.0 Å². The summed E-state index contributed by atoms with van der Waals surface area (Å²) in [5.74, 6) is -2.54. The highest BCUT2D eigenvalue weighted by Crippen LogP contribution is 2.55. The van der Waals surface area contributed by atoms with Gasteiger partial charge in [0.05, 0.1) is 11.6 Å². The normalized spacial score (nSPS) is 22.6. The van der Waals surface area contributed by atoms with Gasteiger partial charge in [-0.3, -0.25) is 9.48 Å². The van der Waals surface area contributed by atoms with Gasteiger partial charge in [-0.15, -0.1) is 22.6 Å². The number of carbonyl (C=O) groups excluding carboxylic acids is 1. The van der Waals surface area contributed by atoms with Crippen molar-refractivity contribution in [1.29, 1.82) is 0 Å². The third kappa shape index (κ3) is 4.03. The Labute approximate surface area is 212 Å². The van der Waals surface area contributed by atoms with Crippen molar-refractivity contribution in [3.8, 4) is 11.4 Å². The molecule has 3 aromatic rings. The number of amides is 1. The van der Waals surface area contributed by atoms with Gasteiger partial charge < -0.3 is 10.6 Å². The number of nitrogens with two attached hydrogens (primary N) is 1. The number of alkyl halides is 3. The van der Waals surface area contributed by atoms with Crippen LogP contribution in [0.2, 0.25) is 0 Å². The predicted octanol–water partition coefficient (Wildman–Crippen LogP) is 4.44. The van der Waals surface area contributed by atoms with E-state index in [1.54, 1.807) is 10.9 Å². The maximum Gasteiger partial charge on any atom is 0.399 e. The van der Waals surface area contributed by atoms with E-state index in [2.05, 4.69) is 15.3 Å². The first-order valence-electron chi connectivity index (χ1n) is 11.4. The number of fused-ring (bicyclic) bond motifs is 1. The van der Waals surface area contributed by atoms with Gasteiger partial charge in [-0.05, 0) is 24.8 Å². The molecule has 0 spiro atoms. The maximum atomic E-state index is 14.5. The molecular weight excluding hydrogens is 493 g/mol. The molecule has 2 aromatic heterocycles. The zero-order valence-corrected chi connectivity index (χ0v) is 20.3. The van der Waals surface area contributed by atoms with Gasteiger partial charge in [-0.25, -0.2) is 0 Å². The summed E-state index contributed by atoms with van der Waals surface area (Å²) in [7, 11) is 1.83. The molecular formula is C25H26ClF3N6O. The van der Waals surface area contributed by atoms with Crippen molar-refractivity contribution in [3.63, 3.8) is 0 Å². The summed E-state index contributed by atoms with van der Waals surface area (Å²) in [6.45, 7) is 0.713. The number of aryl methyl sites for hydroxylation is 1.